The fourth-order valence-electron chi connectivity index (χ4n) is 14.8. The average molecular weight is 1380 g/mol. The van der Waals surface area contributed by atoms with E-state index in [2.05, 4.69) is 41.5 Å². The van der Waals surface area contributed by atoms with E-state index in [1.165, 1.54) is 60.3 Å². The quantitative estimate of drug-likeness (QED) is 0.212. The normalized spacial score (nSPS) is 45.3. The van der Waals surface area contributed by atoms with Gasteiger partial charge in [0.15, 0.2) is 0 Å². The molecule has 0 nitrogen and oxygen atoms in total. The van der Waals surface area contributed by atoms with Gasteiger partial charge in [-0.15, -0.1) is 0 Å². The van der Waals surface area contributed by atoms with E-state index < -0.39 is 144 Å². The van der Waals surface area contributed by atoms with Gasteiger partial charge in [0.1, 0.15) is 18.5 Å². The van der Waals surface area contributed by atoms with Gasteiger partial charge in [-0.2, -0.15) is 83.4 Å². The molecule has 0 N–H and O–H groups in total. The Balaban J connectivity index is 0.000000535. The maximum absolute atomic E-state index is 12.9. The first-order valence-electron chi connectivity index (χ1n) is 33.4. The van der Waals surface area contributed by atoms with Crippen molar-refractivity contribution in [1.82, 2.24) is 0 Å². The van der Waals surface area contributed by atoms with Crippen LogP contribution >= 0.6 is 0 Å². The highest BCUT2D eigenvalue weighted by molar-refractivity contribution is 5.19. The molecule has 8 aliphatic carbocycles. The van der Waals surface area contributed by atoms with E-state index in [0.717, 1.165) is 50.4 Å². The third-order valence-electron chi connectivity index (χ3n) is 22.9. The van der Waals surface area contributed by atoms with E-state index in [0.29, 0.717) is 31.1 Å². The van der Waals surface area contributed by atoms with Crippen LogP contribution in [0.15, 0.2) is 0 Å². The molecule has 0 bridgehead atoms. The van der Waals surface area contributed by atoms with Crippen LogP contribution in [-0.4, -0.2) is 72.8 Å². The van der Waals surface area contributed by atoms with Gasteiger partial charge in [-0.1, -0.05) is 176 Å². The highest BCUT2D eigenvalue weighted by Crippen LogP contribution is 2.65. The summed E-state index contributed by atoms with van der Waals surface area (Å²) in [5.41, 5.74) is -4.52. The molecule has 0 heterocycles. The largest absolute Gasteiger partial charge is 0.392 e. The van der Waals surface area contributed by atoms with Crippen LogP contribution < -0.4 is 0 Å². The van der Waals surface area contributed by atoms with Crippen LogP contribution in [0, 0.1) is 136 Å². The lowest BCUT2D eigenvalue weighted by Crippen LogP contribution is -2.52. The zero-order valence-electron chi connectivity index (χ0n) is 58.3. The summed E-state index contributed by atoms with van der Waals surface area (Å²) in [5.74, 6) is -27.7. The second-order valence-corrected chi connectivity index (χ2v) is 29.1. The number of halogens is 25. The summed E-state index contributed by atoms with van der Waals surface area (Å²) in [5, 5.41) is 0. The Morgan fingerprint density at radius 2 is 0.637 bits per heavy atom. The summed E-state index contributed by atoms with van der Waals surface area (Å²) in [6.07, 6.45) is -15.8. The molecular formula is C66H107F25. The Labute approximate surface area is 528 Å². The standard InChI is InChI=1S/C10H14F6.2C9H15F3.C8H13F3.2C8H16.C7H7F7.C7H11F3/c1-4-5(2)8(10(14,15)16)6(3)7(4)9(11,12)13;2*1-6-4-3-5-8(7(6)2)9(10,11)12;1-5-3-6(2)7(4-5)8(9,10)11;2*1-6-4-5-7(2)8(6)3;1-3-5(9,10)4(2,8)7(13,14)6(3,11)12;1-3-5(8)4(2)7(10)6(3)9/h4-8H,1-3H3;2*6-8H,3-5H2,1-2H3;5-7H,3-4H2,1-2H3;2*6-8H,4-5H2,1-3H3;3H,1-2H3;3-7H,1-2H3/t;;;;;;3-,4?;/m......0./s1/i;7D;;;8D;;;. The summed E-state index contributed by atoms with van der Waals surface area (Å²) < 4.78 is 329. The molecule has 8 rings (SSSR count). The van der Waals surface area contributed by atoms with Crippen molar-refractivity contribution in [1.29, 1.82) is 0 Å². The fraction of sp³-hybridized carbons (Fsp3) is 1.00. The van der Waals surface area contributed by atoms with Crippen molar-refractivity contribution >= 4 is 0 Å². The van der Waals surface area contributed by atoms with Crippen molar-refractivity contribution in [3.8, 4) is 0 Å². The molecule has 0 radical (unpaired) electrons. The molecule has 546 valence electrons. The zero-order chi connectivity index (χ0) is 73.8. The molecule has 8 saturated carbocycles. The lowest BCUT2D eigenvalue weighted by Gasteiger charge is -2.35. The second-order valence-electron chi connectivity index (χ2n) is 29.1. The molecule has 0 spiro atoms. The van der Waals surface area contributed by atoms with Gasteiger partial charge < -0.3 is 0 Å². The van der Waals surface area contributed by atoms with Crippen LogP contribution in [0.1, 0.15) is 211 Å². The first kappa shape index (κ1) is 83.5. The maximum atomic E-state index is 12.9. The third-order valence-corrected chi connectivity index (χ3v) is 22.9. The van der Waals surface area contributed by atoms with Crippen molar-refractivity contribution < 1.29 is 113 Å². The van der Waals surface area contributed by atoms with E-state index in [4.69, 9.17) is 2.74 Å². The Kier molecular flexibility index (Phi) is 30.5. The molecule has 0 aromatic carbocycles. The zero-order valence-corrected chi connectivity index (χ0v) is 56.3. The van der Waals surface area contributed by atoms with Crippen molar-refractivity contribution in [3.63, 3.8) is 0 Å². The van der Waals surface area contributed by atoms with Gasteiger partial charge in [0.05, 0.1) is 35.5 Å². The van der Waals surface area contributed by atoms with Gasteiger partial charge >= 0.3 is 42.7 Å². The van der Waals surface area contributed by atoms with Crippen LogP contribution in [0.5, 0.6) is 0 Å². The van der Waals surface area contributed by atoms with Crippen molar-refractivity contribution in [2.24, 2.45) is 136 Å². The SMILES string of the molecule is CC1C(C)C(C(F)(F)F)C(C)C1C(F)(F)F.CC1C(F)C(C)C(F)C1F.CC1CC(C)C(C(F)(F)F)C1.CC1CCC(C)C1C.CC1CCCC(C(F)(F)F)C1C.C[C@H]1C(F)(F)C(C)(F)C(F)(F)C1(F)F.[2H]C1(C)C(C)CCC1C.[2H]C1(C)C(C)CCCC1C(F)(F)F. The Hall–Kier alpha value is -1.75. The molecule has 0 aliphatic heterocycles. The predicted molar refractivity (Wildman–Crippen MR) is 307 cm³/mol. The summed E-state index contributed by atoms with van der Waals surface area (Å²) in [6.45, 7) is 30.3. The van der Waals surface area contributed by atoms with E-state index in [1.54, 1.807) is 20.8 Å². The van der Waals surface area contributed by atoms with Crippen LogP contribution in [0.25, 0.3) is 0 Å². The lowest BCUT2D eigenvalue weighted by atomic mass is 9.73. The summed E-state index contributed by atoms with van der Waals surface area (Å²) in [7, 11) is 0. The molecule has 91 heavy (non-hydrogen) atoms. The first-order chi connectivity index (χ1) is 41.3. The summed E-state index contributed by atoms with van der Waals surface area (Å²) in [4.78, 5) is 0. The number of hydrogen-bond donors (Lipinski definition) is 0. The van der Waals surface area contributed by atoms with Crippen LogP contribution in [0.2, 0.25) is 0 Å². The predicted octanol–water partition coefficient (Wildman–Crippen LogP) is 25.7. The maximum Gasteiger partial charge on any atom is 0.392 e. The van der Waals surface area contributed by atoms with E-state index in [1.807, 2.05) is 13.8 Å². The summed E-state index contributed by atoms with van der Waals surface area (Å²) in [6, 6.07) is 0. The molecule has 0 saturated heterocycles. The molecule has 0 aromatic heterocycles. The molecule has 0 aromatic rings. The van der Waals surface area contributed by atoms with Gasteiger partial charge in [-0.05, 0) is 121 Å². The van der Waals surface area contributed by atoms with Crippen LogP contribution in [0.3, 0.4) is 0 Å². The monoisotopic (exact) mass is 1380 g/mol. The average Bonchev–Trinajstić information content (AvgIpc) is 1.54. The Morgan fingerprint density at radius 3 is 0.824 bits per heavy atom. The minimum atomic E-state index is -5.36. The van der Waals surface area contributed by atoms with E-state index in [9.17, 15) is 110 Å². The van der Waals surface area contributed by atoms with E-state index in [-0.39, 0.29) is 55.8 Å². The van der Waals surface area contributed by atoms with Gasteiger partial charge in [0, 0.05) is 14.6 Å². The van der Waals surface area contributed by atoms with Crippen LogP contribution in [-0.2, 0) is 0 Å². The first-order valence-corrected chi connectivity index (χ1v) is 32.4. The topological polar surface area (TPSA) is 0 Å². The molecule has 0 amide bonds. The fourth-order valence-corrected chi connectivity index (χ4v) is 14.8. The molecule has 8 aliphatic rings. The molecule has 8 fully saturated rings. The van der Waals surface area contributed by atoms with Gasteiger partial charge in [-0.3, -0.25) is 0 Å². The molecule has 23 atom stereocenters. The van der Waals surface area contributed by atoms with Gasteiger partial charge in [-0.25, -0.2) is 26.3 Å². The van der Waals surface area contributed by atoms with Crippen molar-refractivity contribution in [2.45, 2.75) is 281 Å². The van der Waals surface area contributed by atoms with Gasteiger partial charge in [0.25, 0.3) is 5.92 Å². The van der Waals surface area contributed by atoms with Gasteiger partial charge in [0.2, 0.25) is 5.67 Å². The molecule has 22 unspecified atom stereocenters. The number of rotatable bonds is 0. The Morgan fingerprint density at radius 1 is 0.308 bits per heavy atom. The highest BCUT2D eigenvalue weighted by atomic mass is 19.4. The van der Waals surface area contributed by atoms with E-state index >= 15 is 0 Å². The summed E-state index contributed by atoms with van der Waals surface area (Å²) >= 11 is 0. The van der Waals surface area contributed by atoms with Crippen LogP contribution in [0.4, 0.5) is 110 Å². The Bertz CT molecular complexity index is 2070. The highest BCUT2D eigenvalue weighted by Gasteiger charge is 2.88. The molecular weight excluding hydrogens is 1270 g/mol. The van der Waals surface area contributed by atoms with Crippen molar-refractivity contribution in [3.05, 3.63) is 0 Å². The number of hydrogen-bond acceptors (Lipinski definition) is 0. The minimum Gasteiger partial charge on any atom is -0.247 e. The smallest absolute Gasteiger partial charge is 0.247 e. The second kappa shape index (κ2) is 33.2. The van der Waals surface area contributed by atoms with Crippen molar-refractivity contribution in [2.75, 3.05) is 0 Å². The number of alkyl halides is 25. The molecule has 25 heteroatoms. The third kappa shape index (κ3) is 21.9. The minimum absolute atomic E-state index is 0.119. The lowest BCUT2D eigenvalue weighted by molar-refractivity contribution is -0.248.